The summed E-state index contributed by atoms with van der Waals surface area (Å²) in [6.07, 6.45) is 1.83. The van der Waals surface area contributed by atoms with Crippen molar-refractivity contribution in [3.63, 3.8) is 0 Å². The first-order valence-corrected chi connectivity index (χ1v) is 6.69. The SMILES string of the molecule is O=S(=O)(NC1CC1)c1ccsc1CO. The fourth-order valence-electron chi connectivity index (χ4n) is 1.17. The second-order valence-corrected chi connectivity index (χ2v) is 5.94. The number of aliphatic hydroxyl groups is 1. The van der Waals surface area contributed by atoms with Gasteiger partial charge in [0.1, 0.15) is 0 Å². The molecule has 2 rings (SSSR count). The van der Waals surface area contributed by atoms with E-state index in [-0.39, 0.29) is 17.5 Å². The topological polar surface area (TPSA) is 66.4 Å². The molecule has 4 nitrogen and oxygen atoms in total. The molecule has 0 bridgehead atoms. The Kier molecular flexibility index (Phi) is 2.61. The average molecular weight is 233 g/mol. The second kappa shape index (κ2) is 3.62. The van der Waals surface area contributed by atoms with E-state index in [1.807, 2.05) is 0 Å². The maximum atomic E-state index is 11.7. The van der Waals surface area contributed by atoms with E-state index in [9.17, 15) is 8.42 Å². The lowest BCUT2D eigenvalue weighted by molar-refractivity contribution is 0.282. The van der Waals surface area contributed by atoms with Crippen LogP contribution < -0.4 is 4.72 Å². The molecule has 1 aromatic rings. The van der Waals surface area contributed by atoms with Crippen LogP contribution in [-0.2, 0) is 16.6 Å². The summed E-state index contributed by atoms with van der Waals surface area (Å²) >= 11 is 1.25. The van der Waals surface area contributed by atoms with E-state index < -0.39 is 10.0 Å². The molecule has 6 heteroatoms. The molecule has 1 aliphatic carbocycles. The van der Waals surface area contributed by atoms with E-state index in [2.05, 4.69) is 4.72 Å². The predicted molar refractivity (Wildman–Crippen MR) is 53.6 cm³/mol. The zero-order chi connectivity index (χ0) is 10.2. The van der Waals surface area contributed by atoms with Gasteiger partial charge in [-0.3, -0.25) is 0 Å². The molecule has 2 N–H and O–H groups in total. The van der Waals surface area contributed by atoms with Gasteiger partial charge >= 0.3 is 0 Å². The summed E-state index contributed by atoms with van der Waals surface area (Å²) in [5.41, 5.74) is 0. The number of aliphatic hydroxyl groups excluding tert-OH is 1. The van der Waals surface area contributed by atoms with Crippen LogP contribution in [0.25, 0.3) is 0 Å². The minimum absolute atomic E-state index is 0.103. The number of thiophene rings is 1. The van der Waals surface area contributed by atoms with Gasteiger partial charge in [-0.05, 0) is 24.3 Å². The molecule has 1 saturated carbocycles. The Morgan fingerprint density at radius 2 is 2.29 bits per heavy atom. The van der Waals surface area contributed by atoms with Crippen molar-refractivity contribution in [1.82, 2.24) is 4.72 Å². The molecule has 14 heavy (non-hydrogen) atoms. The van der Waals surface area contributed by atoms with Crippen molar-refractivity contribution in [3.8, 4) is 0 Å². The van der Waals surface area contributed by atoms with Crippen molar-refractivity contribution in [3.05, 3.63) is 16.3 Å². The normalized spacial score (nSPS) is 17.2. The third-order valence-electron chi connectivity index (χ3n) is 2.04. The Morgan fingerprint density at radius 1 is 1.57 bits per heavy atom. The molecule has 0 aromatic carbocycles. The van der Waals surface area contributed by atoms with Crippen molar-refractivity contribution in [2.24, 2.45) is 0 Å². The maximum Gasteiger partial charge on any atom is 0.242 e. The molecule has 0 atom stereocenters. The third kappa shape index (κ3) is 1.98. The Labute approximate surface area is 86.6 Å². The van der Waals surface area contributed by atoms with E-state index in [1.54, 1.807) is 5.38 Å². The van der Waals surface area contributed by atoms with Crippen LogP contribution in [0.1, 0.15) is 17.7 Å². The van der Waals surface area contributed by atoms with Gasteiger partial charge in [0, 0.05) is 10.9 Å². The first-order chi connectivity index (χ1) is 6.63. The van der Waals surface area contributed by atoms with Crippen LogP contribution in [-0.4, -0.2) is 19.6 Å². The Hall–Kier alpha value is -0.430. The highest BCUT2D eigenvalue weighted by atomic mass is 32.2. The molecule has 1 aliphatic rings. The molecule has 1 fully saturated rings. The van der Waals surface area contributed by atoms with Crippen LogP contribution in [0.2, 0.25) is 0 Å². The summed E-state index contributed by atoms with van der Waals surface area (Å²) in [4.78, 5) is 0.718. The molecule has 0 aliphatic heterocycles. The van der Waals surface area contributed by atoms with E-state index in [0.717, 1.165) is 12.8 Å². The lowest BCUT2D eigenvalue weighted by Crippen LogP contribution is -2.26. The average Bonchev–Trinajstić information content (AvgIpc) is 2.80. The number of hydrogen-bond acceptors (Lipinski definition) is 4. The van der Waals surface area contributed by atoms with Gasteiger partial charge in [0.15, 0.2) is 0 Å². The zero-order valence-electron chi connectivity index (χ0n) is 7.43. The number of nitrogens with one attached hydrogen (secondary N) is 1. The molecule has 1 heterocycles. The van der Waals surface area contributed by atoms with Crippen molar-refractivity contribution in [2.45, 2.75) is 30.4 Å². The summed E-state index contributed by atoms with van der Waals surface area (Å²) in [7, 11) is -3.40. The van der Waals surface area contributed by atoms with E-state index >= 15 is 0 Å². The largest absolute Gasteiger partial charge is 0.391 e. The molecule has 0 spiro atoms. The first kappa shape index (κ1) is 10.1. The van der Waals surface area contributed by atoms with Crippen LogP contribution in [0.5, 0.6) is 0 Å². The third-order valence-corrected chi connectivity index (χ3v) is 4.68. The van der Waals surface area contributed by atoms with Crippen LogP contribution in [0, 0.1) is 0 Å². The summed E-state index contributed by atoms with van der Waals surface area (Å²) in [5, 5.41) is 10.6. The van der Waals surface area contributed by atoms with Gasteiger partial charge in [-0.2, -0.15) is 0 Å². The fourth-order valence-corrected chi connectivity index (χ4v) is 3.77. The van der Waals surface area contributed by atoms with Crippen LogP contribution in [0.3, 0.4) is 0 Å². The predicted octanol–water partition coefficient (Wildman–Crippen LogP) is 0.681. The van der Waals surface area contributed by atoms with E-state index in [1.165, 1.54) is 17.4 Å². The number of sulfonamides is 1. The maximum absolute atomic E-state index is 11.7. The van der Waals surface area contributed by atoms with Gasteiger partial charge < -0.3 is 5.11 Å². The molecule has 0 unspecified atom stereocenters. The molecular formula is C8H11NO3S2. The zero-order valence-corrected chi connectivity index (χ0v) is 9.07. The Balaban J connectivity index is 2.27. The standard InChI is InChI=1S/C8H11NO3S2/c10-5-7-8(3-4-13-7)14(11,12)9-6-1-2-6/h3-4,6,9-10H,1-2,5H2. The van der Waals surface area contributed by atoms with Crippen LogP contribution >= 0.6 is 11.3 Å². The highest BCUT2D eigenvalue weighted by Crippen LogP contribution is 2.26. The summed E-state index contributed by atoms with van der Waals surface area (Å²) in [6.45, 7) is -0.224. The highest BCUT2D eigenvalue weighted by Gasteiger charge is 2.29. The Morgan fingerprint density at radius 3 is 2.86 bits per heavy atom. The quantitative estimate of drug-likeness (QED) is 0.803. The molecule has 0 radical (unpaired) electrons. The van der Waals surface area contributed by atoms with Gasteiger partial charge in [0.2, 0.25) is 10.0 Å². The Bertz CT molecular complexity index is 420. The van der Waals surface area contributed by atoms with E-state index in [4.69, 9.17) is 5.11 Å². The fraction of sp³-hybridized carbons (Fsp3) is 0.500. The molecule has 1 aromatic heterocycles. The minimum atomic E-state index is -3.40. The van der Waals surface area contributed by atoms with Gasteiger partial charge in [0.25, 0.3) is 0 Å². The van der Waals surface area contributed by atoms with Gasteiger partial charge in [-0.25, -0.2) is 13.1 Å². The lowest BCUT2D eigenvalue weighted by atomic mass is 10.5. The highest BCUT2D eigenvalue weighted by molar-refractivity contribution is 7.89. The monoisotopic (exact) mass is 233 g/mol. The lowest BCUT2D eigenvalue weighted by Gasteiger charge is -2.04. The molecule has 0 amide bonds. The van der Waals surface area contributed by atoms with Crippen molar-refractivity contribution >= 4 is 21.4 Å². The smallest absolute Gasteiger partial charge is 0.242 e. The van der Waals surface area contributed by atoms with Crippen molar-refractivity contribution in [1.29, 1.82) is 0 Å². The van der Waals surface area contributed by atoms with Crippen LogP contribution in [0.4, 0.5) is 0 Å². The summed E-state index contributed by atoms with van der Waals surface area (Å²) in [5.74, 6) is 0. The molecule has 0 saturated heterocycles. The minimum Gasteiger partial charge on any atom is -0.391 e. The first-order valence-electron chi connectivity index (χ1n) is 4.33. The molecular weight excluding hydrogens is 222 g/mol. The van der Waals surface area contributed by atoms with Gasteiger partial charge in [-0.15, -0.1) is 11.3 Å². The summed E-state index contributed by atoms with van der Waals surface area (Å²) < 4.78 is 26.0. The van der Waals surface area contributed by atoms with E-state index in [0.29, 0.717) is 4.88 Å². The van der Waals surface area contributed by atoms with Crippen molar-refractivity contribution in [2.75, 3.05) is 0 Å². The van der Waals surface area contributed by atoms with Gasteiger partial charge in [0.05, 0.1) is 11.5 Å². The number of hydrogen-bond donors (Lipinski definition) is 2. The van der Waals surface area contributed by atoms with Gasteiger partial charge in [-0.1, -0.05) is 0 Å². The summed E-state index contributed by atoms with van der Waals surface area (Å²) in [6, 6.07) is 1.63. The second-order valence-electron chi connectivity index (χ2n) is 3.26. The molecule has 78 valence electrons. The number of rotatable bonds is 4. The van der Waals surface area contributed by atoms with Crippen LogP contribution in [0.15, 0.2) is 16.3 Å². The van der Waals surface area contributed by atoms with Crippen molar-refractivity contribution < 1.29 is 13.5 Å².